The molecule has 2 N–H and O–H groups in total. The van der Waals surface area contributed by atoms with Crippen LogP contribution in [0.2, 0.25) is 0 Å². The van der Waals surface area contributed by atoms with Crippen molar-refractivity contribution in [2.24, 2.45) is 0 Å². The van der Waals surface area contributed by atoms with Crippen LogP contribution < -0.4 is 5.32 Å². The van der Waals surface area contributed by atoms with Crippen LogP contribution in [-0.4, -0.2) is 22.6 Å². The van der Waals surface area contributed by atoms with Gasteiger partial charge in [-0.05, 0) is 26.0 Å². The maximum atomic E-state index is 10.6. The van der Waals surface area contributed by atoms with Gasteiger partial charge in [0.15, 0.2) is 5.69 Å². The third kappa shape index (κ3) is 3.81. The average Bonchev–Trinajstić information content (AvgIpc) is 2.17. The minimum absolute atomic E-state index is 0.0530. The molecule has 0 spiro atoms. The standard InChI is InChI=1S/C11H14N2O2/c1-8(2)6-7-12-10-5-3-4-9(13-10)11(14)15/h3-6H,7H2,1-2H3,(H,12,13)(H,14,15). The number of allylic oxidation sites excluding steroid dienone is 1. The van der Waals surface area contributed by atoms with Crippen LogP contribution in [0.5, 0.6) is 0 Å². The van der Waals surface area contributed by atoms with Crippen LogP contribution in [0.25, 0.3) is 0 Å². The molecule has 1 heterocycles. The normalized spacial score (nSPS) is 9.47. The van der Waals surface area contributed by atoms with Crippen molar-refractivity contribution < 1.29 is 9.90 Å². The number of carbonyl (C=O) groups is 1. The molecule has 0 bridgehead atoms. The summed E-state index contributed by atoms with van der Waals surface area (Å²) in [6.45, 7) is 4.66. The van der Waals surface area contributed by atoms with E-state index in [1.165, 1.54) is 11.6 Å². The number of nitrogens with zero attached hydrogens (tertiary/aromatic N) is 1. The van der Waals surface area contributed by atoms with Gasteiger partial charge in [0.1, 0.15) is 5.82 Å². The first-order chi connectivity index (χ1) is 7.09. The van der Waals surface area contributed by atoms with Crippen molar-refractivity contribution in [1.82, 2.24) is 4.98 Å². The Morgan fingerprint density at radius 1 is 1.53 bits per heavy atom. The van der Waals surface area contributed by atoms with Gasteiger partial charge in [-0.3, -0.25) is 0 Å². The third-order valence-corrected chi connectivity index (χ3v) is 1.76. The number of carboxylic acids is 1. The molecule has 1 rings (SSSR count). The Morgan fingerprint density at radius 2 is 2.27 bits per heavy atom. The molecule has 0 aromatic carbocycles. The summed E-state index contributed by atoms with van der Waals surface area (Å²) in [6, 6.07) is 4.88. The Bertz CT molecular complexity index is 382. The SMILES string of the molecule is CC(C)=CCNc1cccc(C(=O)O)n1. The van der Waals surface area contributed by atoms with E-state index in [-0.39, 0.29) is 5.69 Å². The molecule has 4 nitrogen and oxygen atoms in total. The molecule has 0 amide bonds. The van der Waals surface area contributed by atoms with Crippen LogP contribution in [0.4, 0.5) is 5.82 Å². The molecule has 0 fully saturated rings. The molecule has 0 aliphatic rings. The second-order valence-corrected chi connectivity index (χ2v) is 3.38. The molecule has 1 aromatic heterocycles. The zero-order valence-corrected chi connectivity index (χ0v) is 8.82. The van der Waals surface area contributed by atoms with E-state index in [9.17, 15) is 4.79 Å². The zero-order chi connectivity index (χ0) is 11.3. The number of carboxylic acid groups (broad SMARTS) is 1. The Morgan fingerprint density at radius 3 is 2.87 bits per heavy atom. The Balaban J connectivity index is 2.66. The topological polar surface area (TPSA) is 62.2 Å². The summed E-state index contributed by atoms with van der Waals surface area (Å²) < 4.78 is 0. The van der Waals surface area contributed by atoms with Gasteiger partial charge in [-0.25, -0.2) is 9.78 Å². The highest BCUT2D eigenvalue weighted by molar-refractivity contribution is 5.85. The number of pyridine rings is 1. The maximum Gasteiger partial charge on any atom is 0.354 e. The summed E-state index contributed by atoms with van der Waals surface area (Å²) in [5, 5.41) is 11.7. The largest absolute Gasteiger partial charge is 0.477 e. The summed E-state index contributed by atoms with van der Waals surface area (Å²) in [5.41, 5.74) is 1.26. The molecular weight excluding hydrogens is 192 g/mol. The molecule has 0 aliphatic carbocycles. The monoisotopic (exact) mass is 206 g/mol. The predicted molar refractivity (Wildman–Crippen MR) is 59.1 cm³/mol. The molecule has 0 saturated carbocycles. The zero-order valence-electron chi connectivity index (χ0n) is 8.82. The van der Waals surface area contributed by atoms with Crippen LogP contribution >= 0.6 is 0 Å². The lowest BCUT2D eigenvalue weighted by Gasteiger charge is -2.03. The highest BCUT2D eigenvalue weighted by atomic mass is 16.4. The van der Waals surface area contributed by atoms with Crippen molar-refractivity contribution in [3.05, 3.63) is 35.5 Å². The fraction of sp³-hybridized carbons (Fsp3) is 0.273. The van der Waals surface area contributed by atoms with Gasteiger partial charge in [0.2, 0.25) is 0 Å². The van der Waals surface area contributed by atoms with Gasteiger partial charge >= 0.3 is 5.97 Å². The first-order valence-electron chi connectivity index (χ1n) is 4.67. The van der Waals surface area contributed by atoms with Crippen LogP contribution in [-0.2, 0) is 0 Å². The quantitative estimate of drug-likeness (QED) is 0.741. The summed E-state index contributed by atoms with van der Waals surface area (Å²) >= 11 is 0. The molecule has 0 radical (unpaired) electrons. The molecule has 0 aliphatic heterocycles. The fourth-order valence-corrected chi connectivity index (χ4v) is 1.01. The minimum Gasteiger partial charge on any atom is -0.477 e. The van der Waals surface area contributed by atoms with Gasteiger partial charge in [0, 0.05) is 6.54 Å². The Labute approximate surface area is 88.7 Å². The molecule has 0 atom stereocenters. The number of anilines is 1. The Kier molecular flexibility index (Phi) is 3.85. The van der Waals surface area contributed by atoms with Crippen molar-refractivity contribution in [3.8, 4) is 0 Å². The fourth-order valence-electron chi connectivity index (χ4n) is 1.01. The minimum atomic E-state index is -1.01. The first-order valence-corrected chi connectivity index (χ1v) is 4.67. The van der Waals surface area contributed by atoms with Gasteiger partial charge in [-0.1, -0.05) is 17.7 Å². The van der Waals surface area contributed by atoms with Gasteiger partial charge in [-0.15, -0.1) is 0 Å². The van der Waals surface area contributed by atoms with Crippen molar-refractivity contribution in [3.63, 3.8) is 0 Å². The summed E-state index contributed by atoms with van der Waals surface area (Å²) in [7, 11) is 0. The molecule has 4 heteroatoms. The van der Waals surface area contributed by atoms with Crippen molar-refractivity contribution in [1.29, 1.82) is 0 Å². The van der Waals surface area contributed by atoms with E-state index in [0.29, 0.717) is 12.4 Å². The van der Waals surface area contributed by atoms with E-state index in [4.69, 9.17) is 5.11 Å². The number of rotatable bonds is 4. The predicted octanol–water partition coefficient (Wildman–Crippen LogP) is 2.16. The van der Waals surface area contributed by atoms with E-state index in [2.05, 4.69) is 10.3 Å². The number of aromatic nitrogens is 1. The molecular formula is C11H14N2O2. The van der Waals surface area contributed by atoms with Crippen molar-refractivity contribution in [2.45, 2.75) is 13.8 Å². The lowest BCUT2D eigenvalue weighted by molar-refractivity contribution is 0.0690. The smallest absolute Gasteiger partial charge is 0.354 e. The van der Waals surface area contributed by atoms with Gasteiger partial charge in [0.25, 0.3) is 0 Å². The van der Waals surface area contributed by atoms with E-state index in [1.807, 2.05) is 19.9 Å². The van der Waals surface area contributed by atoms with Crippen molar-refractivity contribution >= 4 is 11.8 Å². The Hall–Kier alpha value is -1.84. The number of hydrogen-bond acceptors (Lipinski definition) is 3. The molecule has 80 valence electrons. The van der Waals surface area contributed by atoms with Crippen LogP contribution in [0, 0.1) is 0 Å². The molecule has 0 unspecified atom stereocenters. The summed E-state index contributed by atoms with van der Waals surface area (Å²) in [4.78, 5) is 14.6. The third-order valence-electron chi connectivity index (χ3n) is 1.76. The summed E-state index contributed by atoms with van der Waals surface area (Å²) in [5.74, 6) is -0.437. The van der Waals surface area contributed by atoms with E-state index < -0.39 is 5.97 Å². The second-order valence-electron chi connectivity index (χ2n) is 3.38. The molecule has 15 heavy (non-hydrogen) atoms. The maximum absolute atomic E-state index is 10.6. The van der Waals surface area contributed by atoms with Gasteiger partial charge < -0.3 is 10.4 Å². The molecule has 0 saturated heterocycles. The number of nitrogens with one attached hydrogen (secondary N) is 1. The number of hydrogen-bond donors (Lipinski definition) is 2. The van der Waals surface area contributed by atoms with E-state index >= 15 is 0 Å². The van der Waals surface area contributed by atoms with Crippen molar-refractivity contribution in [2.75, 3.05) is 11.9 Å². The average molecular weight is 206 g/mol. The first kappa shape index (κ1) is 11.2. The van der Waals surface area contributed by atoms with Crippen LogP contribution in [0.3, 0.4) is 0 Å². The second kappa shape index (κ2) is 5.14. The number of aromatic carboxylic acids is 1. The van der Waals surface area contributed by atoms with E-state index in [1.54, 1.807) is 12.1 Å². The van der Waals surface area contributed by atoms with Gasteiger partial charge in [0.05, 0.1) is 0 Å². The summed E-state index contributed by atoms with van der Waals surface area (Å²) in [6.07, 6.45) is 2.01. The molecule has 1 aromatic rings. The van der Waals surface area contributed by atoms with E-state index in [0.717, 1.165) is 0 Å². The van der Waals surface area contributed by atoms with Crippen LogP contribution in [0.1, 0.15) is 24.3 Å². The lowest BCUT2D eigenvalue weighted by Crippen LogP contribution is -2.05. The highest BCUT2D eigenvalue weighted by Gasteiger charge is 2.03. The van der Waals surface area contributed by atoms with Gasteiger partial charge in [-0.2, -0.15) is 0 Å². The lowest BCUT2D eigenvalue weighted by atomic mass is 10.3. The van der Waals surface area contributed by atoms with Crippen LogP contribution in [0.15, 0.2) is 29.8 Å². The highest BCUT2D eigenvalue weighted by Crippen LogP contribution is 2.04.